The Labute approximate surface area is 125 Å². The summed E-state index contributed by atoms with van der Waals surface area (Å²) in [5, 5.41) is 0. The van der Waals surface area contributed by atoms with Crippen LogP contribution in [0.2, 0.25) is 0 Å². The van der Waals surface area contributed by atoms with Crippen molar-refractivity contribution in [2.75, 3.05) is 34.5 Å². The molecule has 0 aromatic rings. The molecule has 0 saturated carbocycles. The van der Waals surface area contributed by atoms with Crippen LogP contribution in [0.1, 0.15) is 64.7 Å². The number of rotatable bonds is 15. The zero-order valence-electron chi connectivity index (χ0n) is 13.9. The van der Waals surface area contributed by atoms with Crippen LogP contribution in [0.4, 0.5) is 0 Å². The highest BCUT2D eigenvalue weighted by molar-refractivity contribution is 4.56. The van der Waals surface area contributed by atoms with Gasteiger partial charge in [0.2, 0.25) is 0 Å². The van der Waals surface area contributed by atoms with Gasteiger partial charge in [-0.2, -0.15) is 0 Å². The molecule has 0 aromatic carbocycles. The molecule has 0 N–H and O–H groups in total. The smallest absolute Gasteiger partial charge is 0.282 e. The first-order valence-electron chi connectivity index (χ1n) is 7.98. The third-order valence-corrected chi connectivity index (χ3v) is 3.55. The van der Waals surface area contributed by atoms with Gasteiger partial charge in [-0.05, 0) is 19.3 Å². The van der Waals surface area contributed by atoms with Crippen LogP contribution < -0.4 is 0 Å². The molecular weight excluding hydrogens is 256 g/mol. The van der Waals surface area contributed by atoms with E-state index in [1.165, 1.54) is 38.5 Å². The number of ether oxygens (including phenoxy) is 4. The summed E-state index contributed by atoms with van der Waals surface area (Å²) < 4.78 is 21.3. The van der Waals surface area contributed by atoms with E-state index >= 15 is 0 Å². The average molecular weight is 290 g/mol. The third-order valence-electron chi connectivity index (χ3n) is 3.55. The first-order chi connectivity index (χ1) is 9.74. The van der Waals surface area contributed by atoms with Gasteiger partial charge in [0.1, 0.15) is 0 Å². The van der Waals surface area contributed by atoms with Crippen molar-refractivity contribution in [3.63, 3.8) is 0 Å². The molecule has 0 aliphatic heterocycles. The van der Waals surface area contributed by atoms with Gasteiger partial charge < -0.3 is 18.9 Å². The van der Waals surface area contributed by atoms with Crippen LogP contribution in [0.25, 0.3) is 0 Å². The van der Waals surface area contributed by atoms with Crippen molar-refractivity contribution >= 4 is 0 Å². The molecular formula is C16H34O4. The molecule has 0 spiro atoms. The summed E-state index contributed by atoms with van der Waals surface area (Å²) in [6.45, 7) is 3.97. The van der Waals surface area contributed by atoms with Crippen molar-refractivity contribution in [1.29, 1.82) is 0 Å². The molecule has 0 saturated heterocycles. The summed E-state index contributed by atoms with van der Waals surface area (Å²) in [4.78, 5) is 0. The minimum Gasteiger partial charge on any atom is -0.381 e. The lowest BCUT2D eigenvalue weighted by Crippen LogP contribution is -2.35. The molecule has 0 radical (unpaired) electrons. The zero-order chi connectivity index (χ0) is 15.1. The van der Waals surface area contributed by atoms with E-state index in [0.717, 1.165) is 32.5 Å². The van der Waals surface area contributed by atoms with Gasteiger partial charge in [-0.3, -0.25) is 0 Å². The molecule has 4 nitrogen and oxygen atoms in total. The Morgan fingerprint density at radius 3 is 1.65 bits per heavy atom. The summed E-state index contributed by atoms with van der Waals surface area (Å²) in [5.41, 5.74) is 0. The number of hydrogen-bond acceptors (Lipinski definition) is 4. The number of unbranched alkanes of at least 4 members (excludes halogenated alkanes) is 6. The Hall–Kier alpha value is -0.160. The summed E-state index contributed by atoms with van der Waals surface area (Å²) >= 11 is 0. The molecule has 4 heteroatoms. The molecule has 0 heterocycles. The van der Waals surface area contributed by atoms with Crippen molar-refractivity contribution in [2.24, 2.45) is 0 Å². The monoisotopic (exact) mass is 290 g/mol. The topological polar surface area (TPSA) is 36.9 Å². The molecule has 0 unspecified atom stereocenters. The zero-order valence-corrected chi connectivity index (χ0v) is 13.9. The Morgan fingerprint density at radius 1 is 0.650 bits per heavy atom. The summed E-state index contributed by atoms with van der Waals surface area (Å²) in [6.07, 6.45) is 10.5. The summed E-state index contributed by atoms with van der Waals surface area (Å²) in [7, 11) is 4.86. The molecule has 0 atom stereocenters. The van der Waals surface area contributed by atoms with Crippen molar-refractivity contribution < 1.29 is 18.9 Å². The second-order valence-corrected chi connectivity index (χ2v) is 5.13. The van der Waals surface area contributed by atoms with Gasteiger partial charge in [-0.15, -0.1) is 0 Å². The molecule has 20 heavy (non-hydrogen) atoms. The van der Waals surface area contributed by atoms with Crippen molar-refractivity contribution in [3.8, 4) is 0 Å². The van der Waals surface area contributed by atoms with Gasteiger partial charge in [0.15, 0.2) is 0 Å². The maximum absolute atomic E-state index is 5.46. The van der Waals surface area contributed by atoms with E-state index in [4.69, 9.17) is 18.9 Å². The fraction of sp³-hybridized carbons (Fsp3) is 1.00. The van der Waals surface area contributed by atoms with Crippen LogP contribution in [0.5, 0.6) is 0 Å². The summed E-state index contributed by atoms with van der Waals surface area (Å²) in [5.74, 6) is -0.851. The minimum absolute atomic E-state index is 0.779. The van der Waals surface area contributed by atoms with Gasteiger partial charge in [0.05, 0.1) is 0 Å². The second kappa shape index (κ2) is 13.8. The maximum Gasteiger partial charge on any atom is 0.282 e. The van der Waals surface area contributed by atoms with E-state index in [-0.39, 0.29) is 0 Å². The fourth-order valence-electron chi connectivity index (χ4n) is 2.23. The van der Waals surface area contributed by atoms with E-state index in [1.807, 2.05) is 0 Å². The van der Waals surface area contributed by atoms with Gasteiger partial charge in [0.25, 0.3) is 5.97 Å². The molecule has 122 valence electrons. The summed E-state index contributed by atoms with van der Waals surface area (Å²) in [6, 6.07) is 0. The molecule has 0 aliphatic rings. The van der Waals surface area contributed by atoms with Crippen LogP contribution in [-0.4, -0.2) is 40.5 Å². The first-order valence-corrected chi connectivity index (χ1v) is 7.98. The molecule has 0 aromatic heterocycles. The lowest BCUT2D eigenvalue weighted by molar-refractivity contribution is -0.355. The molecule has 0 bridgehead atoms. The highest BCUT2D eigenvalue weighted by atomic mass is 16.9. The maximum atomic E-state index is 5.46. The lowest BCUT2D eigenvalue weighted by atomic mass is 10.1. The quantitative estimate of drug-likeness (QED) is 0.336. The molecule has 0 aliphatic carbocycles. The largest absolute Gasteiger partial charge is 0.381 e. The predicted molar refractivity (Wildman–Crippen MR) is 81.8 cm³/mol. The second-order valence-electron chi connectivity index (χ2n) is 5.13. The average Bonchev–Trinajstić information content (AvgIpc) is 2.49. The standard InChI is InChI=1S/C16H34O4/c1-5-14-20-15-12-10-8-6-7-9-11-13-16(17-2,18-3)19-4/h5-15H2,1-4H3. The minimum atomic E-state index is -0.851. The van der Waals surface area contributed by atoms with Gasteiger partial charge in [-0.25, -0.2) is 0 Å². The fourth-order valence-corrected chi connectivity index (χ4v) is 2.23. The molecule has 0 rings (SSSR count). The Balaban J connectivity index is 3.32. The highest BCUT2D eigenvalue weighted by Gasteiger charge is 2.28. The van der Waals surface area contributed by atoms with E-state index in [9.17, 15) is 0 Å². The van der Waals surface area contributed by atoms with E-state index in [1.54, 1.807) is 21.3 Å². The SMILES string of the molecule is CCCOCCCCCCCCCC(OC)(OC)OC. The normalized spacial score (nSPS) is 12.0. The molecule has 0 fully saturated rings. The van der Waals surface area contributed by atoms with Crippen LogP contribution in [0, 0.1) is 0 Å². The van der Waals surface area contributed by atoms with E-state index in [2.05, 4.69) is 6.92 Å². The Bertz CT molecular complexity index is 185. The number of hydrogen-bond donors (Lipinski definition) is 0. The first kappa shape index (κ1) is 19.8. The highest BCUT2D eigenvalue weighted by Crippen LogP contribution is 2.21. The third kappa shape index (κ3) is 9.70. The van der Waals surface area contributed by atoms with Crippen LogP contribution >= 0.6 is 0 Å². The number of methoxy groups -OCH3 is 3. The van der Waals surface area contributed by atoms with Crippen molar-refractivity contribution in [1.82, 2.24) is 0 Å². The predicted octanol–water partition coefficient (Wildman–Crippen LogP) is 4.13. The van der Waals surface area contributed by atoms with Gasteiger partial charge in [-0.1, -0.05) is 39.0 Å². The van der Waals surface area contributed by atoms with Crippen LogP contribution in [0.3, 0.4) is 0 Å². The Morgan fingerprint density at radius 2 is 1.15 bits per heavy atom. The lowest BCUT2D eigenvalue weighted by Gasteiger charge is -2.28. The van der Waals surface area contributed by atoms with Gasteiger partial charge in [0, 0.05) is 41.0 Å². The Kier molecular flexibility index (Phi) is 13.7. The van der Waals surface area contributed by atoms with Crippen molar-refractivity contribution in [2.45, 2.75) is 70.7 Å². The van der Waals surface area contributed by atoms with Crippen molar-refractivity contribution in [3.05, 3.63) is 0 Å². The van der Waals surface area contributed by atoms with E-state index in [0.29, 0.717) is 0 Å². The van der Waals surface area contributed by atoms with Crippen LogP contribution in [0.15, 0.2) is 0 Å². The van der Waals surface area contributed by atoms with Crippen LogP contribution in [-0.2, 0) is 18.9 Å². The van der Waals surface area contributed by atoms with E-state index < -0.39 is 5.97 Å². The van der Waals surface area contributed by atoms with Gasteiger partial charge >= 0.3 is 0 Å². The molecule has 0 amide bonds.